The average molecular weight is 496 g/mol. The van der Waals surface area contributed by atoms with Gasteiger partial charge in [-0.05, 0) is 62.6 Å². The first-order valence-corrected chi connectivity index (χ1v) is 13.3. The van der Waals surface area contributed by atoms with Crippen LogP contribution in [-0.2, 0) is 11.2 Å². The van der Waals surface area contributed by atoms with E-state index in [9.17, 15) is 4.79 Å². The summed E-state index contributed by atoms with van der Waals surface area (Å²) in [6, 6.07) is 12.7. The predicted octanol–water partition coefficient (Wildman–Crippen LogP) is 4.32. The molecule has 8 heteroatoms. The number of rotatable bonds is 6. The van der Waals surface area contributed by atoms with Crippen molar-refractivity contribution in [1.29, 1.82) is 0 Å². The van der Waals surface area contributed by atoms with Crippen LogP contribution < -0.4 is 0 Å². The van der Waals surface area contributed by atoms with E-state index in [1.54, 1.807) is 6.33 Å². The molecule has 4 heterocycles. The van der Waals surface area contributed by atoms with Crippen molar-refractivity contribution < 1.29 is 4.79 Å². The summed E-state index contributed by atoms with van der Waals surface area (Å²) < 4.78 is 0. The van der Waals surface area contributed by atoms with E-state index < -0.39 is 0 Å². The monoisotopic (exact) mass is 495 g/mol. The number of hydrogen-bond acceptors (Lipinski definition) is 6. The Labute approximate surface area is 217 Å². The first-order chi connectivity index (χ1) is 18.0. The van der Waals surface area contributed by atoms with Gasteiger partial charge in [-0.1, -0.05) is 12.5 Å². The lowest BCUT2D eigenvalue weighted by molar-refractivity contribution is -0.140. The van der Waals surface area contributed by atoms with E-state index >= 15 is 0 Å². The van der Waals surface area contributed by atoms with Crippen molar-refractivity contribution in [2.45, 2.75) is 45.6 Å². The summed E-state index contributed by atoms with van der Waals surface area (Å²) in [4.78, 5) is 38.6. The molecule has 2 fully saturated rings. The van der Waals surface area contributed by atoms with Crippen LogP contribution in [0, 0.1) is 12.8 Å². The van der Waals surface area contributed by atoms with Gasteiger partial charge in [0.15, 0.2) is 0 Å². The lowest BCUT2D eigenvalue weighted by Crippen LogP contribution is -2.51. The van der Waals surface area contributed by atoms with Crippen LogP contribution in [0.1, 0.15) is 55.0 Å². The number of pyridine rings is 1. The fourth-order valence-electron chi connectivity index (χ4n) is 5.40. The molecule has 0 spiro atoms. The molecular weight excluding hydrogens is 462 g/mol. The van der Waals surface area contributed by atoms with Gasteiger partial charge in [0.25, 0.3) is 0 Å². The molecule has 190 valence electrons. The first-order valence-electron chi connectivity index (χ1n) is 13.3. The minimum absolute atomic E-state index is 0.275. The van der Waals surface area contributed by atoms with Gasteiger partial charge in [-0.2, -0.15) is 0 Å². The van der Waals surface area contributed by atoms with Crippen molar-refractivity contribution >= 4 is 16.9 Å². The van der Waals surface area contributed by atoms with E-state index in [4.69, 9.17) is 4.98 Å². The number of piperazine rings is 1. The summed E-state index contributed by atoms with van der Waals surface area (Å²) in [5, 5.41) is 0. The van der Waals surface area contributed by atoms with Crippen LogP contribution in [0.4, 0.5) is 0 Å². The fourth-order valence-corrected chi connectivity index (χ4v) is 5.40. The van der Waals surface area contributed by atoms with Gasteiger partial charge in [-0.3, -0.25) is 14.7 Å². The highest BCUT2D eigenvalue weighted by Gasteiger charge is 2.32. The summed E-state index contributed by atoms with van der Waals surface area (Å²) in [6.45, 7) is 7.70. The molecule has 1 unspecified atom stereocenters. The Morgan fingerprint density at radius 1 is 1.05 bits per heavy atom. The highest BCUT2D eigenvalue weighted by Crippen LogP contribution is 2.30. The molecule has 37 heavy (non-hydrogen) atoms. The molecule has 2 aliphatic rings. The number of imidazole rings is 1. The van der Waals surface area contributed by atoms with Gasteiger partial charge in [0.2, 0.25) is 5.91 Å². The van der Waals surface area contributed by atoms with Gasteiger partial charge < -0.3 is 9.88 Å². The molecule has 0 radical (unpaired) electrons. The van der Waals surface area contributed by atoms with E-state index in [1.165, 1.54) is 12.0 Å². The van der Waals surface area contributed by atoms with Crippen LogP contribution in [0.2, 0.25) is 0 Å². The Morgan fingerprint density at radius 3 is 2.65 bits per heavy atom. The Hall–Kier alpha value is -3.65. The number of aryl methyl sites for hydroxylation is 1. The Bertz CT molecular complexity index is 1420. The summed E-state index contributed by atoms with van der Waals surface area (Å²) in [5.41, 5.74) is 7.06. The van der Waals surface area contributed by atoms with Crippen molar-refractivity contribution in [2.75, 3.05) is 26.2 Å². The molecule has 1 saturated heterocycles. The van der Waals surface area contributed by atoms with Gasteiger partial charge in [-0.25, -0.2) is 15.0 Å². The zero-order chi connectivity index (χ0) is 25.4. The van der Waals surface area contributed by atoms with E-state index in [0.717, 1.165) is 78.5 Å². The van der Waals surface area contributed by atoms with E-state index in [0.29, 0.717) is 12.3 Å². The Balaban J connectivity index is 1.12. The molecule has 1 N–H and O–H groups in total. The normalized spacial score (nSPS) is 17.6. The number of aromatic nitrogens is 5. The third kappa shape index (κ3) is 4.98. The number of carbonyl (C=O) groups is 1. The molecule has 0 bridgehead atoms. The Morgan fingerprint density at radius 2 is 1.89 bits per heavy atom. The fraction of sp³-hybridized carbons (Fsp3) is 0.414. The number of hydrogen-bond donors (Lipinski definition) is 1. The maximum atomic E-state index is 12.6. The number of fused-ring (bicyclic) bond motifs is 1. The van der Waals surface area contributed by atoms with Gasteiger partial charge in [-0.15, -0.1) is 0 Å². The summed E-state index contributed by atoms with van der Waals surface area (Å²) >= 11 is 0. The molecule has 4 aromatic rings. The van der Waals surface area contributed by atoms with Crippen LogP contribution in [-0.4, -0.2) is 66.8 Å². The number of carbonyl (C=O) groups excluding carboxylic acids is 1. The second kappa shape index (κ2) is 10.0. The molecular formula is C29H33N7O. The SMILES string of the molecule is Cc1cc(-c2ccc3nc(Cc4cc(C(C)N5CCN(C(=O)C6CCC6)CC5)ccn4)[nH]c3c2)ncn1. The summed E-state index contributed by atoms with van der Waals surface area (Å²) in [6.07, 6.45) is 7.49. The van der Waals surface area contributed by atoms with Crippen molar-refractivity contribution in [3.8, 4) is 11.3 Å². The molecule has 1 atom stereocenters. The largest absolute Gasteiger partial charge is 0.342 e. The number of nitrogens with one attached hydrogen (secondary N) is 1. The van der Waals surface area contributed by atoms with Crippen molar-refractivity contribution in [2.24, 2.45) is 5.92 Å². The molecule has 1 aliphatic carbocycles. The summed E-state index contributed by atoms with van der Waals surface area (Å²) in [5.74, 6) is 1.55. The molecule has 1 amide bonds. The lowest BCUT2D eigenvalue weighted by Gasteiger charge is -2.40. The molecule has 1 saturated carbocycles. The third-order valence-corrected chi connectivity index (χ3v) is 7.93. The zero-order valence-electron chi connectivity index (χ0n) is 21.5. The number of benzene rings is 1. The smallest absolute Gasteiger partial charge is 0.225 e. The van der Waals surface area contributed by atoms with Crippen molar-refractivity contribution in [1.82, 2.24) is 34.7 Å². The van der Waals surface area contributed by atoms with Gasteiger partial charge in [0.1, 0.15) is 12.2 Å². The maximum Gasteiger partial charge on any atom is 0.225 e. The highest BCUT2D eigenvalue weighted by atomic mass is 16.2. The predicted molar refractivity (Wildman–Crippen MR) is 143 cm³/mol. The number of nitrogens with zero attached hydrogens (tertiary/aromatic N) is 6. The van der Waals surface area contributed by atoms with Crippen LogP contribution in [0.3, 0.4) is 0 Å². The van der Waals surface area contributed by atoms with Crippen LogP contribution in [0.25, 0.3) is 22.3 Å². The quantitative estimate of drug-likeness (QED) is 0.428. The number of aromatic amines is 1. The summed E-state index contributed by atoms with van der Waals surface area (Å²) in [7, 11) is 0. The van der Waals surface area contributed by atoms with E-state index in [-0.39, 0.29) is 12.0 Å². The topological polar surface area (TPSA) is 90.9 Å². The lowest BCUT2D eigenvalue weighted by atomic mass is 9.84. The minimum Gasteiger partial charge on any atom is -0.342 e. The standard InChI is InChI=1S/C29H33N7O/c1-19-14-26(32-18-31-19)23-6-7-25-27(16-23)34-28(33-25)17-24-15-22(8-9-30-24)20(2)35-10-12-36(13-11-35)29(37)21-4-3-5-21/h6-9,14-16,18,20-21H,3-5,10-13,17H2,1-2H3,(H,33,34). The van der Waals surface area contributed by atoms with Crippen LogP contribution >= 0.6 is 0 Å². The maximum absolute atomic E-state index is 12.6. The zero-order valence-corrected chi connectivity index (χ0v) is 21.5. The van der Waals surface area contributed by atoms with Crippen LogP contribution in [0.5, 0.6) is 0 Å². The number of H-pyrrole nitrogens is 1. The second-order valence-electron chi connectivity index (χ2n) is 10.4. The molecule has 1 aromatic carbocycles. The average Bonchev–Trinajstić information content (AvgIpc) is 3.29. The van der Waals surface area contributed by atoms with Gasteiger partial charge in [0, 0.05) is 67.7 Å². The molecule has 3 aromatic heterocycles. The second-order valence-corrected chi connectivity index (χ2v) is 10.4. The van der Waals surface area contributed by atoms with E-state index in [1.807, 2.05) is 25.3 Å². The van der Waals surface area contributed by atoms with Gasteiger partial charge in [0.05, 0.1) is 16.7 Å². The minimum atomic E-state index is 0.275. The van der Waals surface area contributed by atoms with Gasteiger partial charge >= 0.3 is 0 Å². The van der Waals surface area contributed by atoms with E-state index in [2.05, 4.69) is 60.9 Å². The molecule has 8 nitrogen and oxygen atoms in total. The first kappa shape index (κ1) is 23.7. The van der Waals surface area contributed by atoms with Crippen molar-refractivity contribution in [3.05, 3.63) is 71.7 Å². The highest BCUT2D eigenvalue weighted by molar-refractivity contribution is 5.81. The van der Waals surface area contributed by atoms with Crippen LogP contribution in [0.15, 0.2) is 48.9 Å². The number of amides is 1. The molecule has 1 aliphatic heterocycles. The molecule has 6 rings (SSSR count). The van der Waals surface area contributed by atoms with Crippen molar-refractivity contribution in [3.63, 3.8) is 0 Å². The third-order valence-electron chi connectivity index (χ3n) is 7.93. The Kier molecular flexibility index (Phi) is 6.42.